The van der Waals surface area contributed by atoms with Crippen LogP contribution >= 0.6 is 0 Å². The number of aryl methyl sites for hydroxylation is 1. The maximum absolute atomic E-state index is 10.9. The fraction of sp³-hybridized carbons (Fsp3) is 0.400. The molecule has 0 saturated heterocycles. The first-order valence-electron chi connectivity index (χ1n) is 4.31. The first-order valence-corrected chi connectivity index (χ1v) is 4.31. The minimum Gasteiger partial charge on any atom is -0.469 e. The molecule has 1 rings (SSSR count). The summed E-state index contributed by atoms with van der Waals surface area (Å²) in [5.41, 5.74) is 1.50. The summed E-state index contributed by atoms with van der Waals surface area (Å²) in [5, 5.41) is 9.55. The maximum Gasteiger partial charge on any atom is 0.308 e. The smallest absolute Gasteiger partial charge is 0.308 e. The predicted molar refractivity (Wildman–Crippen MR) is 50.6 cm³/mol. The second-order valence-electron chi connectivity index (χ2n) is 3.06. The summed E-state index contributed by atoms with van der Waals surface area (Å²) in [6.45, 7) is 1.91. The molecule has 1 N–H and O–H groups in total. The van der Waals surface area contributed by atoms with Crippen molar-refractivity contribution in [1.29, 1.82) is 0 Å². The molecule has 0 spiro atoms. The van der Waals surface area contributed by atoms with Gasteiger partial charge in [0, 0.05) is 6.20 Å². The second-order valence-corrected chi connectivity index (χ2v) is 3.06. The van der Waals surface area contributed by atoms with E-state index in [1.165, 1.54) is 7.11 Å². The normalized spacial score (nSPS) is 12.2. The molecule has 1 aromatic heterocycles. The highest BCUT2D eigenvalue weighted by molar-refractivity contribution is 5.69. The highest BCUT2D eigenvalue weighted by Gasteiger charge is 2.13. The van der Waals surface area contributed by atoms with E-state index in [2.05, 4.69) is 9.72 Å². The van der Waals surface area contributed by atoms with E-state index in [0.29, 0.717) is 5.69 Å². The van der Waals surface area contributed by atoms with Gasteiger partial charge >= 0.3 is 5.97 Å². The van der Waals surface area contributed by atoms with Crippen molar-refractivity contribution in [2.24, 2.45) is 0 Å². The van der Waals surface area contributed by atoms with E-state index in [-0.39, 0.29) is 6.42 Å². The number of rotatable bonds is 3. The maximum atomic E-state index is 10.9. The lowest BCUT2D eigenvalue weighted by Crippen LogP contribution is -2.09. The predicted octanol–water partition coefficient (Wildman–Crippen LogP) is 0.987. The van der Waals surface area contributed by atoms with Crippen LogP contribution in [-0.2, 0) is 9.53 Å². The van der Waals surface area contributed by atoms with Crippen LogP contribution < -0.4 is 0 Å². The Morgan fingerprint density at radius 1 is 1.64 bits per heavy atom. The third-order valence-electron chi connectivity index (χ3n) is 1.86. The van der Waals surface area contributed by atoms with Crippen LogP contribution in [0.15, 0.2) is 18.3 Å². The van der Waals surface area contributed by atoms with Gasteiger partial charge in [-0.3, -0.25) is 9.78 Å². The first-order chi connectivity index (χ1) is 6.63. The van der Waals surface area contributed by atoms with Gasteiger partial charge in [0.05, 0.1) is 19.2 Å². The summed E-state index contributed by atoms with van der Waals surface area (Å²) < 4.78 is 4.44. The van der Waals surface area contributed by atoms with Gasteiger partial charge in [0.15, 0.2) is 0 Å². The molecule has 0 bridgehead atoms. The number of aliphatic hydroxyl groups is 1. The number of aromatic nitrogens is 1. The fourth-order valence-electron chi connectivity index (χ4n) is 1.02. The number of carbonyl (C=O) groups excluding carboxylic acids is 1. The van der Waals surface area contributed by atoms with Crippen molar-refractivity contribution in [1.82, 2.24) is 4.98 Å². The van der Waals surface area contributed by atoms with Gasteiger partial charge in [-0.2, -0.15) is 0 Å². The molecular weight excluding hydrogens is 182 g/mol. The summed E-state index contributed by atoms with van der Waals surface area (Å²) in [6, 6.07) is 3.53. The number of pyridine rings is 1. The van der Waals surface area contributed by atoms with Crippen molar-refractivity contribution in [2.45, 2.75) is 19.4 Å². The molecule has 0 aliphatic rings. The van der Waals surface area contributed by atoms with E-state index in [1.807, 2.05) is 13.0 Å². The van der Waals surface area contributed by atoms with Gasteiger partial charge < -0.3 is 9.84 Å². The van der Waals surface area contributed by atoms with Gasteiger partial charge in [-0.15, -0.1) is 0 Å². The molecule has 1 unspecified atom stereocenters. The van der Waals surface area contributed by atoms with E-state index in [9.17, 15) is 9.90 Å². The lowest BCUT2D eigenvalue weighted by molar-refractivity contribution is -0.142. The third kappa shape index (κ3) is 2.81. The van der Waals surface area contributed by atoms with Gasteiger partial charge in [-0.1, -0.05) is 6.07 Å². The Kier molecular flexibility index (Phi) is 3.59. The molecular formula is C10H13NO3. The Bertz CT molecular complexity index is 308. The minimum absolute atomic E-state index is 0.0629. The zero-order valence-corrected chi connectivity index (χ0v) is 8.23. The highest BCUT2D eigenvalue weighted by Crippen LogP contribution is 2.14. The summed E-state index contributed by atoms with van der Waals surface area (Å²) in [6.07, 6.45) is 0.700. The van der Waals surface area contributed by atoms with Gasteiger partial charge in [0.1, 0.15) is 6.10 Å². The van der Waals surface area contributed by atoms with Crippen LogP contribution in [0.1, 0.15) is 23.8 Å². The molecule has 4 nitrogen and oxygen atoms in total. The average Bonchev–Trinajstić information content (AvgIpc) is 2.18. The zero-order valence-electron chi connectivity index (χ0n) is 8.23. The number of hydrogen-bond donors (Lipinski definition) is 1. The molecule has 76 valence electrons. The number of hydrogen-bond acceptors (Lipinski definition) is 4. The van der Waals surface area contributed by atoms with Gasteiger partial charge in [0.25, 0.3) is 0 Å². The largest absolute Gasteiger partial charge is 0.469 e. The minimum atomic E-state index is -0.886. The van der Waals surface area contributed by atoms with Crippen molar-refractivity contribution in [3.8, 4) is 0 Å². The Morgan fingerprint density at radius 2 is 2.36 bits per heavy atom. The number of aliphatic hydroxyl groups excluding tert-OH is 1. The molecule has 1 aromatic rings. The van der Waals surface area contributed by atoms with Crippen LogP contribution in [0.3, 0.4) is 0 Å². The molecule has 0 aliphatic carbocycles. The van der Waals surface area contributed by atoms with Crippen molar-refractivity contribution in [3.05, 3.63) is 29.6 Å². The van der Waals surface area contributed by atoms with Crippen LogP contribution in [0.5, 0.6) is 0 Å². The van der Waals surface area contributed by atoms with Gasteiger partial charge in [-0.25, -0.2) is 0 Å². The molecule has 0 aliphatic heterocycles. The monoisotopic (exact) mass is 195 g/mol. The zero-order chi connectivity index (χ0) is 10.6. The SMILES string of the molecule is COC(=O)CC(O)c1ccc(C)cn1. The number of nitrogens with zero attached hydrogens (tertiary/aromatic N) is 1. The van der Waals surface area contributed by atoms with E-state index in [1.54, 1.807) is 12.3 Å². The highest BCUT2D eigenvalue weighted by atomic mass is 16.5. The van der Waals surface area contributed by atoms with Crippen molar-refractivity contribution < 1.29 is 14.6 Å². The first kappa shape index (κ1) is 10.7. The Hall–Kier alpha value is -1.42. The molecule has 0 saturated carbocycles. The second kappa shape index (κ2) is 4.72. The van der Waals surface area contributed by atoms with Crippen LogP contribution in [0.4, 0.5) is 0 Å². The third-order valence-corrected chi connectivity index (χ3v) is 1.86. The van der Waals surface area contributed by atoms with Gasteiger partial charge in [-0.05, 0) is 18.6 Å². The summed E-state index contributed by atoms with van der Waals surface area (Å²) in [5.74, 6) is -0.445. The molecule has 1 heterocycles. The van der Waals surface area contributed by atoms with E-state index in [4.69, 9.17) is 0 Å². The van der Waals surface area contributed by atoms with E-state index in [0.717, 1.165) is 5.56 Å². The molecule has 0 aromatic carbocycles. The Balaban J connectivity index is 2.65. The molecule has 1 atom stereocenters. The number of esters is 1. The fourth-order valence-corrected chi connectivity index (χ4v) is 1.02. The van der Waals surface area contributed by atoms with Crippen LogP contribution in [0.2, 0.25) is 0 Å². The van der Waals surface area contributed by atoms with Crippen molar-refractivity contribution in [2.75, 3.05) is 7.11 Å². The quantitative estimate of drug-likeness (QED) is 0.730. The number of carbonyl (C=O) groups is 1. The van der Waals surface area contributed by atoms with Crippen LogP contribution in [0.25, 0.3) is 0 Å². The topological polar surface area (TPSA) is 59.4 Å². The molecule has 4 heteroatoms. The van der Waals surface area contributed by atoms with Crippen molar-refractivity contribution in [3.63, 3.8) is 0 Å². The summed E-state index contributed by atoms with van der Waals surface area (Å²) in [4.78, 5) is 14.9. The van der Waals surface area contributed by atoms with E-state index < -0.39 is 12.1 Å². The number of ether oxygens (including phenoxy) is 1. The lowest BCUT2D eigenvalue weighted by atomic mass is 10.1. The van der Waals surface area contributed by atoms with Crippen molar-refractivity contribution >= 4 is 5.97 Å². The number of methoxy groups -OCH3 is 1. The summed E-state index contributed by atoms with van der Waals surface area (Å²) >= 11 is 0. The molecule has 0 fully saturated rings. The molecule has 0 radical (unpaired) electrons. The molecule has 0 amide bonds. The molecule has 14 heavy (non-hydrogen) atoms. The average molecular weight is 195 g/mol. The van der Waals surface area contributed by atoms with E-state index >= 15 is 0 Å². The van der Waals surface area contributed by atoms with Crippen LogP contribution in [-0.4, -0.2) is 23.2 Å². The Morgan fingerprint density at radius 3 is 2.86 bits per heavy atom. The summed E-state index contributed by atoms with van der Waals surface area (Å²) in [7, 11) is 1.29. The van der Waals surface area contributed by atoms with Crippen LogP contribution in [0, 0.1) is 6.92 Å². The lowest BCUT2D eigenvalue weighted by Gasteiger charge is -2.08. The standard InChI is InChI=1S/C10H13NO3/c1-7-3-4-8(11-6-7)9(12)5-10(13)14-2/h3-4,6,9,12H,5H2,1-2H3. The van der Waals surface area contributed by atoms with Gasteiger partial charge in [0.2, 0.25) is 0 Å². The Labute approximate surface area is 82.5 Å².